The third kappa shape index (κ3) is 7.71. The van der Waals surface area contributed by atoms with E-state index in [0.717, 1.165) is 18.4 Å². The first-order valence-electron chi connectivity index (χ1n) is 10.1. The summed E-state index contributed by atoms with van der Waals surface area (Å²) in [6, 6.07) is 5.17. The maximum atomic E-state index is 13.1. The van der Waals surface area contributed by atoms with Crippen molar-refractivity contribution in [2.75, 3.05) is 19.6 Å². The van der Waals surface area contributed by atoms with E-state index in [9.17, 15) is 14.7 Å². The highest BCUT2D eigenvalue weighted by Gasteiger charge is 2.33. The molecule has 7 heteroatoms. The van der Waals surface area contributed by atoms with Gasteiger partial charge < -0.3 is 14.9 Å². The van der Waals surface area contributed by atoms with Crippen molar-refractivity contribution in [1.29, 1.82) is 0 Å². The number of carbonyl (C=O) groups is 2. The van der Waals surface area contributed by atoms with Crippen LogP contribution in [0.3, 0.4) is 0 Å². The topological polar surface area (TPSA) is 60.9 Å². The second-order valence-electron chi connectivity index (χ2n) is 9.47. The van der Waals surface area contributed by atoms with E-state index in [1.165, 1.54) is 0 Å². The van der Waals surface area contributed by atoms with Gasteiger partial charge in [-0.3, -0.25) is 4.79 Å². The summed E-state index contributed by atoms with van der Waals surface area (Å²) in [5.41, 5.74) is 1.05. The minimum atomic E-state index is -0.838. The van der Waals surface area contributed by atoms with Crippen LogP contribution < -0.4 is 0 Å². The summed E-state index contributed by atoms with van der Waals surface area (Å²) in [7, 11) is 0. The quantitative estimate of drug-likeness (QED) is 0.554. The molecule has 1 aromatic rings. The fraction of sp³-hybridized carbons (Fsp3) is 0.636. The van der Waals surface area contributed by atoms with Crippen molar-refractivity contribution >= 4 is 35.2 Å². The highest BCUT2D eigenvalue weighted by molar-refractivity contribution is 6.35. The Kier molecular flexibility index (Phi) is 8.24. The van der Waals surface area contributed by atoms with Crippen molar-refractivity contribution in [2.45, 2.75) is 53.5 Å². The van der Waals surface area contributed by atoms with Gasteiger partial charge in [0.05, 0.1) is 6.42 Å². The molecule has 1 saturated heterocycles. The molecule has 1 aromatic carbocycles. The Balaban J connectivity index is 2.09. The molecule has 1 aliphatic heterocycles. The summed E-state index contributed by atoms with van der Waals surface area (Å²) in [6.07, 6.45) is 2.03. The summed E-state index contributed by atoms with van der Waals surface area (Å²) in [5, 5.41) is 10.3. The van der Waals surface area contributed by atoms with Gasteiger partial charge in [-0.2, -0.15) is 0 Å². The van der Waals surface area contributed by atoms with Crippen molar-refractivity contribution in [3.8, 4) is 0 Å². The van der Waals surface area contributed by atoms with E-state index in [0.29, 0.717) is 42.1 Å². The van der Waals surface area contributed by atoms with E-state index in [-0.39, 0.29) is 23.8 Å². The van der Waals surface area contributed by atoms with Crippen LogP contribution in [0.4, 0.5) is 4.79 Å². The summed E-state index contributed by atoms with van der Waals surface area (Å²) in [5.74, 6) is -0.453. The molecule has 0 spiro atoms. The number of benzene rings is 1. The second kappa shape index (κ2) is 10.0. The predicted octanol–water partition coefficient (Wildman–Crippen LogP) is 5.78. The molecule has 2 unspecified atom stereocenters. The lowest BCUT2D eigenvalue weighted by Crippen LogP contribution is -2.53. The minimum absolute atomic E-state index is 0.0478. The number of hydrogen-bond donors (Lipinski definition) is 1. The molecule has 1 heterocycles. The summed E-state index contributed by atoms with van der Waals surface area (Å²) >= 11 is 12.3. The lowest BCUT2D eigenvalue weighted by Gasteiger charge is -2.40. The van der Waals surface area contributed by atoms with E-state index < -0.39 is 5.97 Å². The number of carboxylic acids is 1. The Hall–Kier alpha value is -1.46. The first-order chi connectivity index (χ1) is 13.4. The number of rotatable bonds is 8. The predicted molar refractivity (Wildman–Crippen MR) is 117 cm³/mol. The van der Waals surface area contributed by atoms with Gasteiger partial charge in [0.25, 0.3) is 0 Å². The molecular formula is C22H32Cl2N2O3. The molecule has 5 nitrogen and oxygen atoms in total. The van der Waals surface area contributed by atoms with Gasteiger partial charge in [-0.1, -0.05) is 57.0 Å². The van der Waals surface area contributed by atoms with Gasteiger partial charge in [0.2, 0.25) is 0 Å². The molecule has 29 heavy (non-hydrogen) atoms. The van der Waals surface area contributed by atoms with Gasteiger partial charge in [0.1, 0.15) is 0 Å². The number of hydrogen-bond acceptors (Lipinski definition) is 2. The van der Waals surface area contributed by atoms with Gasteiger partial charge >= 0.3 is 12.0 Å². The molecule has 0 aromatic heterocycles. The Morgan fingerprint density at radius 2 is 1.90 bits per heavy atom. The van der Waals surface area contributed by atoms with E-state index >= 15 is 0 Å². The fourth-order valence-corrected chi connectivity index (χ4v) is 4.58. The van der Waals surface area contributed by atoms with Gasteiger partial charge in [-0.15, -0.1) is 0 Å². The van der Waals surface area contributed by atoms with Crippen molar-refractivity contribution in [3.05, 3.63) is 33.8 Å². The van der Waals surface area contributed by atoms with E-state index in [1.54, 1.807) is 21.9 Å². The molecule has 0 aliphatic carbocycles. The number of halogens is 2. The van der Waals surface area contributed by atoms with Gasteiger partial charge in [0.15, 0.2) is 0 Å². The molecule has 1 fully saturated rings. The van der Waals surface area contributed by atoms with E-state index in [2.05, 4.69) is 27.7 Å². The summed E-state index contributed by atoms with van der Waals surface area (Å²) in [4.78, 5) is 27.9. The Morgan fingerprint density at radius 1 is 1.24 bits per heavy atom. The average molecular weight is 443 g/mol. The fourth-order valence-electron chi connectivity index (χ4n) is 4.11. The monoisotopic (exact) mass is 442 g/mol. The first kappa shape index (κ1) is 23.8. The smallest absolute Gasteiger partial charge is 0.320 e. The normalized spacial score (nSPS) is 18.8. The third-order valence-electron chi connectivity index (χ3n) is 5.19. The number of nitrogens with zero attached hydrogens (tertiary/aromatic N) is 2. The standard InChI is InChI=1S/C22H32Cl2N2O3/c1-15(11-22(2,3)4)7-8-25-12-16(9-20(27)28)13-26(21(25)29)14-17-5-6-18(23)10-19(17)24/h5-6,10,15-16H,7-9,11-14H2,1-4H3,(H,27,28). The van der Waals surface area contributed by atoms with Crippen LogP contribution in [0.15, 0.2) is 18.2 Å². The Labute approximate surface area is 184 Å². The Bertz CT molecular complexity index is 733. The van der Waals surface area contributed by atoms with Crippen molar-refractivity contribution in [2.24, 2.45) is 17.3 Å². The van der Waals surface area contributed by atoms with Crippen LogP contribution in [-0.2, 0) is 11.3 Å². The zero-order valence-electron chi connectivity index (χ0n) is 17.8. The molecule has 0 radical (unpaired) electrons. The van der Waals surface area contributed by atoms with E-state index in [1.807, 2.05) is 6.07 Å². The highest BCUT2D eigenvalue weighted by Crippen LogP contribution is 2.28. The maximum absolute atomic E-state index is 13.1. The van der Waals surface area contributed by atoms with Crippen molar-refractivity contribution in [1.82, 2.24) is 9.80 Å². The lowest BCUT2D eigenvalue weighted by atomic mass is 9.84. The van der Waals surface area contributed by atoms with Crippen LogP contribution in [0.25, 0.3) is 0 Å². The van der Waals surface area contributed by atoms with Crippen LogP contribution >= 0.6 is 23.2 Å². The molecule has 0 bridgehead atoms. The highest BCUT2D eigenvalue weighted by atomic mass is 35.5. The molecule has 2 amide bonds. The SMILES string of the molecule is CC(CCN1CC(CC(=O)O)CN(Cc2ccc(Cl)cc2Cl)C1=O)CC(C)(C)C. The molecule has 1 aliphatic rings. The number of carbonyl (C=O) groups excluding carboxylic acids is 1. The van der Waals surface area contributed by atoms with Crippen molar-refractivity contribution < 1.29 is 14.7 Å². The lowest BCUT2D eigenvalue weighted by molar-refractivity contribution is -0.138. The van der Waals surface area contributed by atoms with Gasteiger partial charge in [0, 0.05) is 42.1 Å². The van der Waals surface area contributed by atoms with Crippen LogP contribution in [0.1, 0.15) is 52.5 Å². The number of amides is 2. The van der Waals surface area contributed by atoms with Gasteiger partial charge in [-0.05, 0) is 41.9 Å². The molecule has 1 N–H and O–H groups in total. The van der Waals surface area contributed by atoms with Gasteiger partial charge in [-0.25, -0.2) is 4.79 Å². The molecule has 2 atom stereocenters. The van der Waals surface area contributed by atoms with Crippen molar-refractivity contribution in [3.63, 3.8) is 0 Å². The zero-order valence-corrected chi connectivity index (χ0v) is 19.3. The second-order valence-corrected chi connectivity index (χ2v) is 10.3. The number of urea groups is 1. The number of carboxylic acid groups (broad SMARTS) is 1. The van der Waals surface area contributed by atoms with Crippen LogP contribution in [0.5, 0.6) is 0 Å². The average Bonchev–Trinajstić information content (AvgIpc) is 2.56. The van der Waals surface area contributed by atoms with Crippen LogP contribution in [0, 0.1) is 17.3 Å². The first-order valence-corrected chi connectivity index (χ1v) is 10.9. The largest absolute Gasteiger partial charge is 0.481 e. The van der Waals surface area contributed by atoms with E-state index in [4.69, 9.17) is 23.2 Å². The number of aliphatic carboxylic acids is 1. The summed E-state index contributed by atoms with van der Waals surface area (Å²) in [6.45, 7) is 10.7. The third-order valence-corrected chi connectivity index (χ3v) is 5.78. The molecule has 162 valence electrons. The Morgan fingerprint density at radius 3 is 2.48 bits per heavy atom. The molecule has 2 rings (SSSR count). The summed E-state index contributed by atoms with van der Waals surface area (Å²) < 4.78 is 0. The zero-order chi connectivity index (χ0) is 21.8. The maximum Gasteiger partial charge on any atom is 0.320 e. The van der Waals surface area contributed by atoms with Crippen LogP contribution in [-0.4, -0.2) is 46.5 Å². The minimum Gasteiger partial charge on any atom is -0.481 e. The van der Waals surface area contributed by atoms with Crippen LogP contribution in [0.2, 0.25) is 10.0 Å². The molecular weight excluding hydrogens is 411 g/mol. The molecule has 0 saturated carbocycles.